The van der Waals surface area contributed by atoms with E-state index in [0.717, 1.165) is 19.3 Å². The molecule has 12 heavy (non-hydrogen) atoms. The summed E-state index contributed by atoms with van der Waals surface area (Å²) in [5.74, 6) is 0. The summed E-state index contributed by atoms with van der Waals surface area (Å²) in [6.07, 6.45) is 2.34. The Kier molecular flexibility index (Phi) is 6.47. The van der Waals surface area contributed by atoms with Gasteiger partial charge in [0.1, 0.15) is 0 Å². The minimum Gasteiger partial charge on any atom is -0.465 e. The number of nitrogens with one attached hydrogen (secondary N) is 1. The minimum atomic E-state index is -1.01. The first-order valence-corrected chi connectivity index (χ1v) is 4.31. The lowest BCUT2D eigenvalue weighted by Crippen LogP contribution is -2.34. The quantitative estimate of drug-likeness (QED) is 0.568. The fraction of sp³-hybridized carbons (Fsp3) is 0.875. The van der Waals surface area contributed by atoms with Crippen LogP contribution in [0.15, 0.2) is 0 Å². The summed E-state index contributed by atoms with van der Waals surface area (Å²) in [5, 5.41) is 19.4. The number of unbranched alkanes of at least 4 members (excludes halogenated alkanes) is 1. The third-order valence-corrected chi connectivity index (χ3v) is 1.71. The van der Waals surface area contributed by atoms with E-state index in [2.05, 4.69) is 12.2 Å². The van der Waals surface area contributed by atoms with Crippen molar-refractivity contribution in [1.29, 1.82) is 0 Å². The SMILES string of the molecule is CCCCC(CCO)NC(=O)O. The summed E-state index contributed by atoms with van der Waals surface area (Å²) >= 11 is 0. The molecule has 0 rings (SSSR count). The average molecular weight is 175 g/mol. The Morgan fingerprint density at radius 1 is 1.50 bits per heavy atom. The van der Waals surface area contributed by atoms with E-state index in [1.807, 2.05) is 0 Å². The van der Waals surface area contributed by atoms with Gasteiger partial charge in [-0.1, -0.05) is 19.8 Å². The molecule has 0 saturated carbocycles. The Labute approximate surface area is 72.6 Å². The highest BCUT2D eigenvalue weighted by Gasteiger charge is 2.09. The van der Waals surface area contributed by atoms with Gasteiger partial charge in [0.25, 0.3) is 0 Å². The fourth-order valence-electron chi connectivity index (χ4n) is 1.07. The summed E-state index contributed by atoms with van der Waals surface area (Å²) in [7, 11) is 0. The standard InChI is InChI=1S/C8H17NO3/c1-2-3-4-7(5-6-10)9-8(11)12/h7,9-10H,2-6H2,1H3,(H,11,12). The summed E-state index contributed by atoms with van der Waals surface area (Å²) in [4.78, 5) is 10.3. The van der Waals surface area contributed by atoms with Crippen molar-refractivity contribution in [3.63, 3.8) is 0 Å². The molecule has 0 aromatic rings. The molecule has 0 aliphatic carbocycles. The van der Waals surface area contributed by atoms with Gasteiger partial charge in [-0.3, -0.25) is 0 Å². The molecule has 3 N–H and O–H groups in total. The van der Waals surface area contributed by atoms with Crippen molar-refractivity contribution in [1.82, 2.24) is 5.32 Å². The number of carboxylic acid groups (broad SMARTS) is 1. The van der Waals surface area contributed by atoms with Crippen LogP contribution >= 0.6 is 0 Å². The van der Waals surface area contributed by atoms with Crippen LogP contribution in [0.5, 0.6) is 0 Å². The van der Waals surface area contributed by atoms with Crippen LogP contribution in [0.25, 0.3) is 0 Å². The van der Waals surface area contributed by atoms with Gasteiger partial charge in [0, 0.05) is 12.6 Å². The van der Waals surface area contributed by atoms with Crippen molar-refractivity contribution in [3.8, 4) is 0 Å². The Morgan fingerprint density at radius 3 is 2.58 bits per heavy atom. The lowest BCUT2D eigenvalue weighted by atomic mass is 10.1. The molecule has 0 aliphatic rings. The zero-order valence-electron chi connectivity index (χ0n) is 7.42. The molecule has 0 radical (unpaired) electrons. The molecule has 0 saturated heterocycles. The first kappa shape index (κ1) is 11.2. The van der Waals surface area contributed by atoms with Crippen LogP contribution in [-0.2, 0) is 0 Å². The number of carbonyl (C=O) groups is 1. The van der Waals surface area contributed by atoms with Gasteiger partial charge in [0.2, 0.25) is 0 Å². The molecular weight excluding hydrogens is 158 g/mol. The van der Waals surface area contributed by atoms with E-state index in [-0.39, 0.29) is 12.6 Å². The Balaban J connectivity index is 3.61. The summed E-state index contributed by atoms with van der Waals surface area (Å²) in [5.41, 5.74) is 0. The van der Waals surface area contributed by atoms with Crippen molar-refractivity contribution >= 4 is 6.09 Å². The maximum Gasteiger partial charge on any atom is 0.404 e. The van der Waals surface area contributed by atoms with Crippen LogP contribution in [-0.4, -0.2) is 29.0 Å². The molecule has 1 amide bonds. The average Bonchev–Trinajstić information content (AvgIpc) is 2.00. The summed E-state index contributed by atoms with van der Waals surface area (Å²) < 4.78 is 0. The number of amides is 1. The highest BCUT2D eigenvalue weighted by Crippen LogP contribution is 2.03. The topological polar surface area (TPSA) is 69.6 Å². The van der Waals surface area contributed by atoms with Crippen LogP contribution in [0.3, 0.4) is 0 Å². The van der Waals surface area contributed by atoms with Crippen molar-refractivity contribution in [2.24, 2.45) is 0 Å². The van der Waals surface area contributed by atoms with E-state index >= 15 is 0 Å². The Hall–Kier alpha value is -0.770. The lowest BCUT2D eigenvalue weighted by molar-refractivity contribution is 0.184. The lowest BCUT2D eigenvalue weighted by Gasteiger charge is -2.14. The third-order valence-electron chi connectivity index (χ3n) is 1.71. The Morgan fingerprint density at radius 2 is 2.17 bits per heavy atom. The molecule has 72 valence electrons. The number of aliphatic hydroxyl groups excluding tert-OH is 1. The van der Waals surface area contributed by atoms with Gasteiger partial charge in [0.05, 0.1) is 0 Å². The van der Waals surface area contributed by atoms with Gasteiger partial charge in [-0.05, 0) is 12.8 Å². The molecule has 4 heteroatoms. The van der Waals surface area contributed by atoms with E-state index < -0.39 is 6.09 Å². The number of hydrogen-bond acceptors (Lipinski definition) is 2. The van der Waals surface area contributed by atoms with E-state index in [4.69, 9.17) is 10.2 Å². The molecule has 0 bridgehead atoms. The smallest absolute Gasteiger partial charge is 0.404 e. The van der Waals surface area contributed by atoms with Gasteiger partial charge >= 0.3 is 6.09 Å². The number of aliphatic hydroxyl groups is 1. The van der Waals surface area contributed by atoms with E-state index in [1.165, 1.54) is 0 Å². The van der Waals surface area contributed by atoms with Crippen LogP contribution in [0, 0.1) is 0 Å². The first-order chi connectivity index (χ1) is 5.70. The predicted octanol–water partition coefficient (Wildman–Crippen LogP) is 1.20. The monoisotopic (exact) mass is 175 g/mol. The van der Waals surface area contributed by atoms with Crippen molar-refractivity contribution in [3.05, 3.63) is 0 Å². The molecule has 1 atom stereocenters. The third kappa shape index (κ3) is 5.97. The van der Waals surface area contributed by atoms with Crippen molar-refractivity contribution in [2.75, 3.05) is 6.61 Å². The minimum absolute atomic E-state index is 0.0364. The molecule has 0 aliphatic heterocycles. The highest BCUT2D eigenvalue weighted by atomic mass is 16.4. The predicted molar refractivity (Wildman–Crippen MR) is 46.2 cm³/mol. The van der Waals surface area contributed by atoms with Gasteiger partial charge < -0.3 is 15.5 Å². The zero-order valence-corrected chi connectivity index (χ0v) is 7.42. The molecule has 0 aromatic heterocycles. The highest BCUT2D eigenvalue weighted by molar-refractivity contribution is 5.64. The normalized spacial score (nSPS) is 12.5. The molecule has 0 fully saturated rings. The largest absolute Gasteiger partial charge is 0.465 e. The van der Waals surface area contributed by atoms with E-state index in [9.17, 15) is 4.79 Å². The molecular formula is C8H17NO3. The second kappa shape index (κ2) is 6.91. The molecule has 0 heterocycles. The maximum atomic E-state index is 10.3. The molecule has 4 nitrogen and oxygen atoms in total. The molecule has 0 aromatic carbocycles. The van der Waals surface area contributed by atoms with Crippen LogP contribution in [0.2, 0.25) is 0 Å². The maximum absolute atomic E-state index is 10.3. The van der Waals surface area contributed by atoms with Crippen LogP contribution in [0.1, 0.15) is 32.6 Å². The summed E-state index contributed by atoms with van der Waals surface area (Å²) in [6.45, 7) is 2.09. The summed E-state index contributed by atoms with van der Waals surface area (Å²) in [6, 6.07) is -0.0903. The van der Waals surface area contributed by atoms with E-state index in [1.54, 1.807) is 0 Å². The van der Waals surface area contributed by atoms with Crippen molar-refractivity contribution < 1.29 is 15.0 Å². The second-order valence-electron chi connectivity index (χ2n) is 2.80. The van der Waals surface area contributed by atoms with Gasteiger partial charge in [-0.15, -0.1) is 0 Å². The van der Waals surface area contributed by atoms with Crippen LogP contribution in [0.4, 0.5) is 4.79 Å². The zero-order chi connectivity index (χ0) is 9.40. The number of rotatable bonds is 6. The van der Waals surface area contributed by atoms with Crippen LogP contribution < -0.4 is 5.32 Å². The molecule has 1 unspecified atom stereocenters. The second-order valence-corrected chi connectivity index (χ2v) is 2.80. The fourth-order valence-corrected chi connectivity index (χ4v) is 1.07. The first-order valence-electron chi connectivity index (χ1n) is 4.31. The van der Waals surface area contributed by atoms with E-state index in [0.29, 0.717) is 6.42 Å². The van der Waals surface area contributed by atoms with Gasteiger partial charge in [-0.2, -0.15) is 0 Å². The molecule has 0 spiro atoms. The number of hydrogen-bond donors (Lipinski definition) is 3. The van der Waals surface area contributed by atoms with Crippen molar-refractivity contribution in [2.45, 2.75) is 38.6 Å². The Bertz CT molecular complexity index is 127. The van der Waals surface area contributed by atoms with Gasteiger partial charge in [0.15, 0.2) is 0 Å². The van der Waals surface area contributed by atoms with Gasteiger partial charge in [-0.25, -0.2) is 4.79 Å².